The van der Waals surface area contributed by atoms with Crippen molar-refractivity contribution in [3.05, 3.63) is 45.5 Å². The zero-order valence-electron chi connectivity index (χ0n) is 9.69. The molecule has 0 spiro atoms. The second-order valence-corrected chi connectivity index (χ2v) is 6.78. The molecule has 0 aromatic carbocycles. The van der Waals surface area contributed by atoms with E-state index >= 15 is 0 Å². The highest BCUT2D eigenvalue weighted by atomic mass is 32.1. The second kappa shape index (κ2) is 4.41. The van der Waals surface area contributed by atoms with Crippen molar-refractivity contribution < 1.29 is 0 Å². The van der Waals surface area contributed by atoms with Crippen molar-refractivity contribution in [1.29, 1.82) is 0 Å². The van der Waals surface area contributed by atoms with Crippen molar-refractivity contribution in [1.82, 2.24) is 0 Å². The number of hydrogen-bond donors (Lipinski definition) is 0. The zero-order valence-corrected chi connectivity index (χ0v) is 12.1. The largest absolute Gasteiger partial charge is 0.143 e. The van der Waals surface area contributed by atoms with Gasteiger partial charge in [-0.05, 0) is 59.3 Å². The smallest absolute Gasteiger partial charge is 0.0531 e. The zero-order chi connectivity index (χ0) is 11.8. The molecule has 0 unspecified atom stereocenters. The number of thiophene rings is 3. The van der Waals surface area contributed by atoms with Gasteiger partial charge in [-0.15, -0.1) is 34.0 Å². The van der Waals surface area contributed by atoms with Gasteiger partial charge < -0.3 is 0 Å². The summed E-state index contributed by atoms with van der Waals surface area (Å²) in [6, 6.07) is 6.64. The molecule has 3 aromatic rings. The fourth-order valence-corrected chi connectivity index (χ4v) is 5.01. The summed E-state index contributed by atoms with van der Waals surface area (Å²) in [6.45, 7) is 4.38. The van der Waals surface area contributed by atoms with Crippen molar-refractivity contribution >= 4 is 34.0 Å². The first-order valence-electron chi connectivity index (χ1n) is 5.44. The molecule has 0 nitrogen and oxygen atoms in total. The molecule has 86 valence electrons. The lowest BCUT2D eigenvalue weighted by Crippen LogP contribution is -1.77. The van der Waals surface area contributed by atoms with Gasteiger partial charge in [0.25, 0.3) is 0 Å². The Balaban J connectivity index is 2.19. The van der Waals surface area contributed by atoms with Crippen molar-refractivity contribution in [2.45, 2.75) is 13.8 Å². The monoisotopic (exact) mass is 276 g/mol. The fraction of sp³-hybridized carbons (Fsp3) is 0.143. The van der Waals surface area contributed by atoms with E-state index in [9.17, 15) is 0 Å². The van der Waals surface area contributed by atoms with Gasteiger partial charge in [0.15, 0.2) is 0 Å². The van der Waals surface area contributed by atoms with Gasteiger partial charge in [0, 0.05) is 15.3 Å². The second-order valence-electron chi connectivity index (χ2n) is 4.03. The highest BCUT2D eigenvalue weighted by molar-refractivity contribution is 7.21. The molecule has 3 heteroatoms. The van der Waals surface area contributed by atoms with Crippen LogP contribution in [-0.4, -0.2) is 0 Å². The highest BCUT2D eigenvalue weighted by Crippen LogP contribution is 2.43. The van der Waals surface area contributed by atoms with Crippen molar-refractivity contribution in [2.24, 2.45) is 0 Å². The molecule has 0 aliphatic carbocycles. The minimum atomic E-state index is 1.38. The molecule has 0 saturated carbocycles. The van der Waals surface area contributed by atoms with Crippen LogP contribution in [0.1, 0.15) is 11.1 Å². The lowest BCUT2D eigenvalue weighted by atomic mass is 10.1. The first-order chi connectivity index (χ1) is 8.27. The van der Waals surface area contributed by atoms with E-state index in [4.69, 9.17) is 0 Å². The van der Waals surface area contributed by atoms with Gasteiger partial charge in [-0.2, -0.15) is 0 Å². The maximum atomic E-state index is 2.25. The molecule has 0 atom stereocenters. The fourth-order valence-electron chi connectivity index (χ4n) is 1.92. The lowest BCUT2D eigenvalue weighted by Gasteiger charge is -2.02. The number of rotatable bonds is 2. The van der Waals surface area contributed by atoms with Gasteiger partial charge in [0.2, 0.25) is 0 Å². The average Bonchev–Trinajstić information content (AvgIpc) is 2.97. The lowest BCUT2D eigenvalue weighted by molar-refractivity contribution is 1.54. The normalized spacial score (nSPS) is 10.9. The Hall–Kier alpha value is -0.900. The predicted molar refractivity (Wildman–Crippen MR) is 80.4 cm³/mol. The van der Waals surface area contributed by atoms with E-state index in [1.807, 2.05) is 34.0 Å². The molecule has 3 aromatic heterocycles. The summed E-state index contributed by atoms with van der Waals surface area (Å²) >= 11 is 5.52. The Morgan fingerprint density at radius 3 is 1.76 bits per heavy atom. The van der Waals surface area contributed by atoms with Crippen LogP contribution in [0.15, 0.2) is 34.3 Å². The molecule has 0 N–H and O–H groups in total. The van der Waals surface area contributed by atoms with Gasteiger partial charge in [0.05, 0.1) is 4.88 Å². The third-order valence-electron chi connectivity index (χ3n) is 2.84. The van der Waals surface area contributed by atoms with Gasteiger partial charge in [-0.1, -0.05) is 0 Å². The maximum absolute atomic E-state index is 2.25. The summed E-state index contributed by atoms with van der Waals surface area (Å²) in [7, 11) is 0. The van der Waals surface area contributed by atoms with Crippen LogP contribution in [0.25, 0.3) is 20.2 Å². The van der Waals surface area contributed by atoms with Crippen LogP contribution >= 0.6 is 34.0 Å². The molecule has 0 aliphatic heterocycles. The Bertz CT molecular complexity index is 585. The maximum Gasteiger partial charge on any atom is 0.0531 e. The summed E-state index contributed by atoms with van der Waals surface area (Å²) in [4.78, 5) is 4.25. The van der Waals surface area contributed by atoms with E-state index in [0.29, 0.717) is 0 Å². The van der Waals surface area contributed by atoms with Gasteiger partial charge in [-0.25, -0.2) is 0 Å². The Kier molecular flexibility index (Phi) is 2.90. The van der Waals surface area contributed by atoms with E-state index in [1.165, 1.54) is 31.3 Å². The van der Waals surface area contributed by atoms with Crippen LogP contribution in [0.5, 0.6) is 0 Å². The summed E-state index contributed by atoms with van der Waals surface area (Å²) in [5.74, 6) is 0. The van der Waals surface area contributed by atoms with Crippen LogP contribution in [0, 0.1) is 13.8 Å². The molecule has 0 aliphatic rings. The molecule has 0 radical (unpaired) electrons. The van der Waals surface area contributed by atoms with E-state index in [-0.39, 0.29) is 0 Å². The molecular weight excluding hydrogens is 264 g/mol. The van der Waals surface area contributed by atoms with E-state index < -0.39 is 0 Å². The minimum Gasteiger partial charge on any atom is -0.143 e. The van der Waals surface area contributed by atoms with Crippen molar-refractivity contribution in [3.8, 4) is 20.2 Å². The molecular formula is C14H12S3. The molecule has 0 saturated heterocycles. The first kappa shape index (κ1) is 11.2. The Morgan fingerprint density at radius 1 is 0.647 bits per heavy atom. The highest BCUT2D eigenvalue weighted by Gasteiger charge is 2.14. The predicted octanol–water partition coefficient (Wildman–Crippen LogP) is 5.82. The standard InChI is InChI=1S/C14H12S3/c1-9-3-6-15-12(9)11-5-8-17-14(11)13-10(2)4-7-16-13/h3-8H,1-2H3. The number of aryl methyl sites for hydroxylation is 2. The average molecular weight is 276 g/mol. The molecule has 0 fully saturated rings. The Labute approximate surface area is 113 Å². The van der Waals surface area contributed by atoms with E-state index in [1.54, 1.807) is 0 Å². The third kappa shape index (κ3) is 1.88. The Morgan fingerprint density at radius 2 is 1.18 bits per heavy atom. The molecule has 3 heterocycles. The quantitative estimate of drug-likeness (QED) is 0.553. The van der Waals surface area contributed by atoms with Crippen molar-refractivity contribution in [2.75, 3.05) is 0 Å². The van der Waals surface area contributed by atoms with E-state index in [2.05, 4.69) is 48.2 Å². The molecule has 0 bridgehead atoms. The van der Waals surface area contributed by atoms with E-state index in [0.717, 1.165) is 0 Å². The minimum absolute atomic E-state index is 1.38. The van der Waals surface area contributed by atoms with Crippen LogP contribution in [-0.2, 0) is 0 Å². The van der Waals surface area contributed by atoms with Gasteiger partial charge in [-0.3, -0.25) is 0 Å². The van der Waals surface area contributed by atoms with Crippen LogP contribution < -0.4 is 0 Å². The summed E-state index contributed by atoms with van der Waals surface area (Å²) < 4.78 is 0. The topological polar surface area (TPSA) is 0 Å². The molecule has 3 rings (SSSR count). The van der Waals surface area contributed by atoms with Gasteiger partial charge >= 0.3 is 0 Å². The summed E-state index contributed by atoms with van der Waals surface area (Å²) in [5, 5.41) is 6.55. The molecule has 0 amide bonds. The SMILES string of the molecule is Cc1ccsc1-c1ccsc1-c1sccc1C. The summed E-state index contributed by atoms with van der Waals surface area (Å²) in [6.07, 6.45) is 0. The molecule has 17 heavy (non-hydrogen) atoms. The van der Waals surface area contributed by atoms with Gasteiger partial charge in [0.1, 0.15) is 0 Å². The third-order valence-corrected chi connectivity index (χ3v) is 5.99. The van der Waals surface area contributed by atoms with Crippen molar-refractivity contribution in [3.63, 3.8) is 0 Å². The van der Waals surface area contributed by atoms with Crippen LogP contribution in [0.2, 0.25) is 0 Å². The number of hydrogen-bond acceptors (Lipinski definition) is 3. The summed E-state index contributed by atoms with van der Waals surface area (Å²) in [5.41, 5.74) is 4.16. The first-order valence-corrected chi connectivity index (χ1v) is 8.07. The van der Waals surface area contributed by atoms with Crippen LogP contribution in [0.4, 0.5) is 0 Å². The van der Waals surface area contributed by atoms with Crippen LogP contribution in [0.3, 0.4) is 0 Å².